The van der Waals surface area contributed by atoms with Crippen molar-refractivity contribution in [3.8, 4) is 11.5 Å². The summed E-state index contributed by atoms with van der Waals surface area (Å²) in [5.41, 5.74) is 2.53. The molecular formula is C20H24O4. The molecule has 2 rings (SSSR count). The van der Waals surface area contributed by atoms with E-state index in [4.69, 9.17) is 14.2 Å². The average Bonchev–Trinajstić information content (AvgIpc) is 2.60. The van der Waals surface area contributed by atoms with Crippen molar-refractivity contribution >= 4 is 6.29 Å². The summed E-state index contributed by atoms with van der Waals surface area (Å²) in [6, 6.07) is 13.4. The first-order chi connectivity index (χ1) is 11.7. The Bertz CT molecular complexity index is 650. The van der Waals surface area contributed by atoms with Gasteiger partial charge in [0, 0.05) is 12.7 Å². The number of carbonyl (C=O) groups is 1. The van der Waals surface area contributed by atoms with E-state index in [0.29, 0.717) is 30.3 Å². The lowest BCUT2D eigenvalue weighted by atomic mass is 9.99. The van der Waals surface area contributed by atoms with Crippen LogP contribution in [0, 0.1) is 0 Å². The van der Waals surface area contributed by atoms with Gasteiger partial charge in [-0.3, -0.25) is 4.79 Å². The Morgan fingerprint density at radius 2 is 1.79 bits per heavy atom. The molecule has 128 valence electrons. The summed E-state index contributed by atoms with van der Waals surface area (Å²) in [6.07, 6.45) is 0.818. The molecule has 4 nitrogen and oxygen atoms in total. The van der Waals surface area contributed by atoms with Crippen LogP contribution in [0.2, 0.25) is 0 Å². The number of aldehydes is 1. The molecule has 0 bridgehead atoms. The van der Waals surface area contributed by atoms with E-state index in [2.05, 4.69) is 13.8 Å². The highest BCUT2D eigenvalue weighted by Gasteiger charge is 2.15. The standard InChI is InChI=1S/C20H24O4/c1-4-22-14-24-20-11-19(17(12-21)10-18(20)15(2)3)23-13-16-8-6-5-7-9-16/h5-12,15H,4,13-14H2,1-3H3. The van der Waals surface area contributed by atoms with E-state index >= 15 is 0 Å². The highest BCUT2D eigenvalue weighted by molar-refractivity contribution is 5.80. The zero-order chi connectivity index (χ0) is 17.4. The minimum absolute atomic E-state index is 0.175. The van der Waals surface area contributed by atoms with Gasteiger partial charge in [0.1, 0.15) is 18.1 Å². The lowest BCUT2D eigenvalue weighted by Gasteiger charge is -2.17. The van der Waals surface area contributed by atoms with Crippen LogP contribution in [0.25, 0.3) is 0 Å². The molecule has 4 heteroatoms. The van der Waals surface area contributed by atoms with Gasteiger partial charge in [0.25, 0.3) is 0 Å². The smallest absolute Gasteiger partial charge is 0.189 e. The van der Waals surface area contributed by atoms with Crippen molar-refractivity contribution in [2.24, 2.45) is 0 Å². The van der Waals surface area contributed by atoms with Gasteiger partial charge in [-0.2, -0.15) is 0 Å². The predicted molar refractivity (Wildman–Crippen MR) is 93.8 cm³/mol. The summed E-state index contributed by atoms with van der Waals surface area (Å²) in [7, 11) is 0. The number of hydrogen-bond acceptors (Lipinski definition) is 4. The molecule has 2 aromatic carbocycles. The normalized spacial score (nSPS) is 10.7. The summed E-state index contributed by atoms with van der Waals surface area (Å²) in [4.78, 5) is 11.4. The quantitative estimate of drug-likeness (QED) is 0.384. The average molecular weight is 328 g/mol. The van der Waals surface area contributed by atoms with E-state index in [1.807, 2.05) is 43.3 Å². The van der Waals surface area contributed by atoms with Gasteiger partial charge in [-0.25, -0.2) is 0 Å². The Balaban J connectivity index is 2.24. The first-order valence-electron chi connectivity index (χ1n) is 8.16. The maximum Gasteiger partial charge on any atom is 0.189 e. The second kappa shape index (κ2) is 9.08. The van der Waals surface area contributed by atoms with E-state index in [1.165, 1.54) is 0 Å². The Hall–Kier alpha value is -2.33. The number of benzene rings is 2. The fourth-order valence-electron chi connectivity index (χ4n) is 2.31. The SMILES string of the molecule is CCOCOc1cc(OCc2ccccc2)c(C=O)cc1C(C)C. The molecule has 0 aliphatic rings. The minimum Gasteiger partial charge on any atom is -0.488 e. The van der Waals surface area contributed by atoms with E-state index in [1.54, 1.807) is 6.07 Å². The lowest BCUT2D eigenvalue weighted by molar-refractivity contribution is 0.0215. The highest BCUT2D eigenvalue weighted by Crippen LogP contribution is 2.33. The third kappa shape index (κ3) is 4.83. The second-order valence-corrected chi connectivity index (χ2v) is 5.73. The fourth-order valence-corrected chi connectivity index (χ4v) is 2.31. The maximum absolute atomic E-state index is 11.4. The monoisotopic (exact) mass is 328 g/mol. The molecule has 0 heterocycles. The molecule has 0 amide bonds. The predicted octanol–water partition coefficient (Wildman–Crippen LogP) is 4.57. The summed E-state index contributed by atoms with van der Waals surface area (Å²) >= 11 is 0. The van der Waals surface area contributed by atoms with Gasteiger partial charge in [-0.05, 0) is 30.0 Å². The first-order valence-corrected chi connectivity index (χ1v) is 8.16. The molecular weight excluding hydrogens is 304 g/mol. The number of carbonyl (C=O) groups excluding carboxylic acids is 1. The number of hydrogen-bond donors (Lipinski definition) is 0. The zero-order valence-corrected chi connectivity index (χ0v) is 14.5. The molecule has 2 aromatic rings. The summed E-state index contributed by atoms with van der Waals surface area (Å²) < 4.78 is 16.8. The van der Waals surface area contributed by atoms with Crippen LogP contribution in [0.1, 0.15) is 48.2 Å². The fraction of sp³-hybridized carbons (Fsp3) is 0.350. The minimum atomic E-state index is 0.175. The lowest BCUT2D eigenvalue weighted by Crippen LogP contribution is -2.07. The van der Waals surface area contributed by atoms with Crippen molar-refractivity contribution in [3.05, 3.63) is 59.2 Å². The molecule has 0 saturated carbocycles. The molecule has 0 aromatic heterocycles. The third-order valence-corrected chi connectivity index (χ3v) is 3.63. The van der Waals surface area contributed by atoms with Gasteiger partial charge in [0.2, 0.25) is 0 Å². The van der Waals surface area contributed by atoms with Crippen LogP contribution < -0.4 is 9.47 Å². The van der Waals surface area contributed by atoms with Crippen LogP contribution in [-0.4, -0.2) is 19.7 Å². The molecule has 0 aliphatic carbocycles. The maximum atomic E-state index is 11.4. The van der Waals surface area contributed by atoms with Crippen molar-refractivity contribution < 1.29 is 19.0 Å². The summed E-state index contributed by atoms with van der Waals surface area (Å²) in [5.74, 6) is 1.43. The van der Waals surface area contributed by atoms with Gasteiger partial charge in [-0.1, -0.05) is 44.2 Å². The van der Waals surface area contributed by atoms with Gasteiger partial charge in [0.15, 0.2) is 13.1 Å². The van der Waals surface area contributed by atoms with Crippen LogP contribution in [0.4, 0.5) is 0 Å². The first kappa shape index (κ1) is 18.0. The van der Waals surface area contributed by atoms with Crippen LogP contribution in [-0.2, 0) is 11.3 Å². The molecule has 24 heavy (non-hydrogen) atoms. The highest BCUT2D eigenvalue weighted by atomic mass is 16.7. The van der Waals surface area contributed by atoms with Crippen LogP contribution in [0.3, 0.4) is 0 Å². The van der Waals surface area contributed by atoms with Crippen molar-refractivity contribution in [1.29, 1.82) is 0 Å². The summed E-state index contributed by atoms with van der Waals surface area (Å²) in [6.45, 7) is 7.18. The van der Waals surface area contributed by atoms with Gasteiger partial charge < -0.3 is 14.2 Å². The Labute approximate surface area is 143 Å². The van der Waals surface area contributed by atoms with Gasteiger partial charge in [0.05, 0.1) is 5.56 Å². The topological polar surface area (TPSA) is 44.8 Å². The second-order valence-electron chi connectivity index (χ2n) is 5.73. The van der Waals surface area contributed by atoms with Crippen LogP contribution in [0.15, 0.2) is 42.5 Å². The largest absolute Gasteiger partial charge is 0.488 e. The molecule has 0 fully saturated rings. The van der Waals surface area contributed by atoms with Crippen molar-refractivity contribution in [2.75, 3.05) is 13.4 Å². The van der Waals surface area contributed by atoms with Crippen molar-refractivity contribution in [2.45, 2.75) is 33.3 Å². The van der Waals surface area contributed by atoms with Crippen molar-refractivity contribution in [3.63, 3.8) is 0 Å². The zero-order valence-electron chi connectivity index (χ0n) is 14.5. The molecule has 0 N–H and O–H groups in total. The van der Waals surface area contributed by atoms with Crippen LogP contribution >= 0.6 is 0 Å². The van der Waals surface area contributed by atoms with Gasteiger partial charge >= 0.3 is 0 Å². The summed E-state index contributed by atoms with van der Waals surface area (Å²) in [5, 5.41) is 0. The van der Waals surface area contributed by atoms with E-state index in [0.717, 1.165) is 17.4 Å². The van der Waals surface area contributed by atoms with E-state index in [-0.39, 0.29) is 12.7 Å². The van der Waals surface area contributed by atoms with E-state index < -0.39 is 0 Å². The molecule has 0 atom stereocenters. The molecule has 0 spiro atoms. The molecule has 0 saturated heterocycles. The third-order valence-electron chi connectivity index (χ3n) is 3.63. The molecule has 0 radical (unpaired) electrons. The van der Waals surface area contributed by atoms with Crippen LogP contribution in [0.5, 0.6) is 11.5 Å². The molecule has 0 unspecified atom stereocenters. The molecule has 0 aliphatic heterocycles. The Kier molecular flexibility index (Phi) is 6.82. The Morgan fingerprint density at radius 1 is 1.04 bits per heavy atom. The Morgan fingerprint density at radius 3 is 2.42 bits per heavy atom. The van der Waals surface area contributed by atoms with Crippen molar-refractivity contribution in [1.82, 2.24) is 0 Å². The van der Waals surface area contributed by atoms with E-state index in [9.17, 15) is 4.79 Å². The number of rotatable bonds is 9. The number of ether oxygens (including phenoxy) is 3. The van der Waals surface area contributed by atoms with Gasteiger partial charge in [-0.15, -0.1) is 0 Å².